The molecule has 0 heterocycles. The van der Waals surface area contributed by atoms with Gasteiger partial charge in [0.1, 0.15) is 5.75 Å². The van der Waals surface area contributed by atoms with E-state index in [1.807, 2.05) is 6.07 Å². The van der Waals surface area contributed by atoms with Gasteiger partial charge in [0.15, 0.2) is 0 Å². The van der Waals surface area contributed by atoms with Crippen molar-refractivity contribution in [3.63, 3.8) is 0 Å². The maximum Gasteiger partial charge on any atom is 0.119 e. The molecule has 2 nitrogen and oxygen atoms in total. The zero-order valence-electron chi connectivity index (χ0n) is 12.0. The molecule has 2 N–H and O–H groups in total. The average molecular weight is 249 g/mol. The van der Waals surface area contributed by atoms with Crippen molar-refractivity contribution < 1.29 is 4.74 Å². The highest BCUT2D eigenvalue weighted by atomic mass is 16.5. The fourth-order valence-corrected chi connectivity index (χ4v) is 1.89. The fraction of sp³-hybridized carbons (Fsp3) is 0.625. The van der Waals surface area contributed by atoms with Gasteiger partial charge in [0.2, 0.25) is 0 Å². The van der Waals surface area contributed by atoms with Gasteiger partial charge in [-0.15, -0.1) is 0 Å². The summed E-state index contributed by atoms with van der Waals surface area (Å²) >= 11 is 0. The zero-order valence-corrected chi connectivity index (χ0v) is 12.0. The minimum atomic E-state index is 0.251. The van der Waals surface area contributed by atoms with Crippen LogP contribution in [0.4, 0.5) is 0 Å². The smallest absolute Gasteiger partial charge is 0.119 e. The first-order valence-corrected chi connectivity index (χ1v) is 7.09. The maximum atomic E-state index is 5.97. The van der Waals surface area contributed by atoms with E-state index in [0.717, 1.165) is 37.5 Å². The molecule has 2 heteroatoms. The fourth-order valence-electron chi connectivity index (χ4n) is 1.89. The normalized spacial score (nSPS) is 12.7. The van der Waals surface area contributed by atoms with Crippen molar-refractivity contribution in [3.8, 4) is 5.75 Å². The minimum Gasteiger partial charge on any atom is -0.494 e. The Morgan fingerprint density at radius 1 is 1.28 bits per heavy atom. The Labute approximate surface area is 112 Å². The molecule has 0 spiro atoms. The molecule has 1 aromatic rings. The van der Waals surface area contributed by atoms with Crippen LogP contribution < -0.4 is 10.5 Å². The van der Waals surface area contributed by atoms with Gasteiger partial charge >= 0.3 is 0 Å². The summed E-state index contributed by atoms with van der Waals surface area (Å²) in [4.78, 5) is 0. The first kappa shape index (κ1) is 15.0. The van der Waals surface area contributed by atoms with Crippen LogP contribution >= 0.6 is 0 Å². The van der Waals surface area contributed by atoms with Crippen LogP contribution in [0.1, 0.15) is 45.6 Å². The van der Waals surface area contributed by atoms with Gasteiger partial charge in [0.05, 0.1) is 6.61 Å². The van der Waals surface area contributed by atoms with Gasteiger partial charge in [0, 0.05) is 6.04 Å². The van der Waals surface area contributed by atoms with Crippen molar-refractivity contribution in [2.24, 2.45) is 11.7 Å². The van der Waals surface area contributed by atoms with Crippen molar-refractivity contribution in [2.45, 2.75) is 52.5 Å². The molecule has 0 amide bonds. The van der Waals surface area contributed by atoms with E-state index in [2.05, 4.69) is 39.0 Å². The molecule has 1 rings (SSSR count). The molecule has 1 unspecified atom stereocenters. The summed E-state index contributed by atoms with van der Waals surface area (Å²) in [7, 11) is 0. The molecule has 0 aromatic heterocycles. The summed E-state index contributed by atoms with van der Waals surface area (Å²) in [6.07, 6.45) is 4.29. The molecule has 0 aliphatic carbocycles. The number of benzene rings is 1. The molecule has 0 bridgehead atoms. The molecule has 0 radical (unpaired) electrons. The number of hydrogen-bond acceptors (Lipinski definition) is 2. The van der Waals surface area contributed by atoms with E-state index in [-0.39, 0.29) is 6.04 Å². The average Bonchev–Trinajstić information content (AvgIpc) is 2.35. The van der Waals surface area contributed by atoms with Gasteiger partial charge in [-0.2, -0.15) is 0 Å². The predicted octanol–water partition coefficient (Wildman–Crippen LogP) is 3.78. The van der Waals surface area contributed by atoms with Gasteiger partial charge in [0.25, 0.3) is 0 Å². The van der Waals surface area contributed by atoms with E-state index < -0.39 is 0 Å². The van der Waals surface area contributed by atoms with Crippen LogP contribution in [-0.4, -0.2) is 12.6 Å². The minimum absolute atomic E-state index is 0.251. The van der Waals surface area contributed by atoms with Crippen LogP contribution in [-0.2, 0) is 6.42 Å². The third kappa shape index (κ3) is 6.06. The van der Waals surface area contributed by atoms with Gasteiger partial charge in [-0.3, -0.25) is 0 Å². The predicted molar refractivity (Wildman–Crippen MR) is 78.0 cm³/mol. The number of rotatable bonds is 8. The van der Waals surface area contributed by atoms with E-state index in [9.17, 15) is 0 Å². The molecule has 0 aliphatic heterocycles. The molecule has 102 valence electrons. The van der Waals surface area contributed by atoms with Gasteiger partial charge in [-0.1, -0.05) is 32.9 Å². The summed E-state index contributed by atoms with van der Waals surface area (Å²) in [5.41, 5.74) is 7.24. The third-order valence-corrected chi connectivity index (χ3v) is 3.12. The van der Waals surface area contributed by atoms with Crippen molar-refractivity contribution in [2.75, 3.05) is 6.61 Å². The Kier molecular flexibility index (Phi) is 6.81. The molecule has 18 heavy (non-hydrogen) atoms. The van der Waals surface area contributed by atoms with Gasteiger partial charge in [-0.25, -0.2) is 0 Å². The van der Waals surface area contributed by atoms with Crippen LogP contribution in [0.15, 0.2) is 24.3 Å². The highest BCUT2D eigenvalue weighted by Crippen LogP contribution is 2.16. The Morgan fingerprint density at radius 2 is 2.06 bits per heavy atom. The monoisotopic (exact) mass is 249 g/mol. The summed E-state index contributed by atoms with van der Waals surface area (Å²) < 4.78 is 5.77. The topological polar surface area (TPSA) is 35.2 Å². The Hall–Kier alpha value is -1.02. The van der Waals surface area contributed by atoms with Crippen LogP contribution in [0.5, 0.6) is 5.75 Å². The lowest BCUT2D eigenvalue weighted by molar-refractivity contribution is 0.297. The Balaban J connectivity index is 2.39. The first-order chi connectivity index (χ1) is 8.61. The van der Waals surface area contributed by atoms with Crippen LogP contribution in [0.2, 0.25) is 0 Å². The van der Waals surface area contributed by atoms with Crippen LogP contribution in [0, 0.1) is 5.92 Å². The molecular weight excluding hydrogens is 222 g/mol. The molecule has 0 saturated carbocycles. The summed E-state index contributed by atoms with van der Waals surface area (Å²) in [5.74, 6) is 1.72. The van der Waals surface area contributed by atoms with E-state index in [0.29, 0.717) is 0 Å². The second-order valence-electron chi connectivity index (χ2n) is 5.40. The number of ether oxygens (including phenoxy) is 1. The Morgan fingerprint density at radius 3 is 2.72 bits per heavy atom. The van der Waals surface area contributed by atoms with E-state index in [4.69, 9.17) is 10.5 Å². The molecule has 0 saturated heterocycles. The largest absolute Gasteiger partial charge is 0.494 e. The van der Waals surface area contributed by atoms with E-state index in [1.165, 1.54) is 12.0 Å². The van der Waals surface area contributed by atoms with Crippen LogP contribution in [0.25, 0.3) is 0 Å². The molecule has 0 fully saturated rings. The zero-order chi connectivity index (χ0) is 13.4. The SMILES string of the molecule is CCC(N)Cc1cccc(OCCCC(C)C)c1. The molecule has 0 aliphatic rings. The van der Waals surface area contributed by atoms with E-state index >= 15 is 0 Å². The van der Waals surface area contributed by atoms with Crippen molar-refractivity contribution >= 4 is 0 Å². The number of hydrogen-bond donors (Lipinski definition) is 1. The summed E-state index contributed by atoms with van der Waals surface area (Å²) in [5, 5.41) is 0. The summed E-state index contributed by atoms with van der Waals surface area (Å²) in [6.45, 7) is 7.41. The highest BCUT2D eigenvalue weighted by molar-refractivity contribution is 5.29. The lowest BCUT2D eigenvalue weighted by Gasteiger charge is -2.11. The standard InChI is InChI=1S/C16H27NO/c1-4-15(17)11-14-8-5-9-16(12-14)18-10-6-7-13(2)3/h5,8-9,12-13,15H,4,6-7,10-11,17H2,1-3H3. The highest BCUT2D eigenvalue weighted by Gasteiger charge is 2.03. The molecule has 1 atom stereocenters. The maximum absolute atomic E-state index is 5.97. The lowest BCUT2D eigenvalue weighted by Crippen LogP contribution is -2.21. The van der Waals surface area contributed by atoms with Gasteiger partial charge < -0.3 is 10.5 Å². The Bertz CT molecular complexity index is 336. The second kappa shape index (κ2) is 8.15. The third-order valence-electron chi connectivity index (χ3n) is 3.12. The van der Waals surface area contributed by atoms with Gasteiger partial charge in [-0.05, 0) is 49.3 Å². The van der Waals surface area contributed by atoms with E-state index in [1.54, 1.807) is 0 Å². The number of nitrogens with two attached hydrogens (primary N) is 1. The quantitative estimate of drug-likeness (QED) is 0.712. The second-order valence-corrected chi connectivity index (χ2v) is 5.40. The molecule has 1 aromatic carbocycles. The lowest BCUT2D eigenvalue weighted by atomic mass is 10.0. The summed E-state index contributed by atoms with van der Waals surface area (Å²) in [6, 6.07) is 8.56. The van der Waals surface area contributed by atoms with Crippen molar-refractivity contribution in [3.05, 3.63) is 29.8 Å². The first-order valence-electron chi connectivity index (χ1n) is 7.09. The van der Waals surface area contributed by atoms with Crippen molar-refractivity contribution in [1.82, 2.24) is 0 Å². The van der Waals surface area contributed by atoms with Crippen molar-refractivity contribution in [1.29, 1.82) is 0 Å². The van der Waals surface area contributed by atoms with Crippen LogP contribution in [0.3, 0.4) is 0 Å². The molecular formula is C16H27NO.